The number of nitrogens with zero attached hydrogens (tertiary/aromatic N) is 1. The maximum absolute atomic E-state index is 9.71. The van der Waals surface area contributed by atoms with Crippen LogP contribution in [0.25, 0.3) is 0 Å². The molecule has 1 radical (unpaired) electrons. The fourth-order valence-corrected chi connectivity index (χ4v) is 0. The molecule has 3 heteroatoms. The van der Waals surface area contributed by atoms with Crippen LogP contribution < -0.4 is 0 Å². The molecular formula is C3H6NO2. The van der Waals surface area contributed by atoms with Gasteiger partial charge in [0.15, 0.2) is 0 Å². The summed E-state index contributed by atoms with van der Waals surface area (Å²) >= 11 is 0. The molecule has 0 heterocycles. The van der Waals surface area contributed by atoms with Gasteiger partial charge < -0.3 is 0 Å². The minimum absolute atomic E-state index is 0.417. The zero-order chi connectivity index (χ0) is 5.15. The zero-order valence-corrected chi connectivity index (χ0v) is 3.51. The number of amides is 1. The normalized spacial score (nSPS) is 7.83. The Bertz CT molecular complexity index is 59.8. The Labute approximate surface area is 36.1 Å². The van der Waals surface area contributed by atoms with E-state index >= 15 is 0 Å². The maximum Gasteiger partial charge on any atom is 0.246 e. The van der Waals surface area contributed by atoms with Crippen LogP contribution in [0.15, 0.2) is 0 Å². The predicted octanol–water partition coefficient (Wildman–Crippen LogP) is -0.332. The van der Waals surface area contributed by atoms with Crippen LogP contribution in [0.3, 0.4) is 0 Å². The second-order valence-corrected chi connectivity index (χ2v) is 0.917. The lowest BCUT2D eigenvalue weighted by molar-refractivity contribution is -0.153. The van der Waals surface area contributed by atoms with Crippen LogP contribution >= 0.6 is 0 Å². The third-order valence-corrected chi connectivity index (χ3v) is 0.361. The van der Waals surface area contributed by atoms with E-state index in [1.807, 2.05) is 0 Å². The molecule has 0 saturated carbocycles. The first-order valence-corrected chi connectivity index (χ1v) is 1.43. The summed E-state index contributed by atoms with van der Waals surface area (Å²) in [7, 11) is 1.22. The van der Waals surface area contributed by atoms with Crippen molar-refractivity contribution in [1.82, 2.24) is 5.06 Å². The molecule has 0 aromatic carbocycles. The van der Waals surface area contributed by atoms with Gasteiger partial charge in [0.1, 0.15) is 0 Å². The Hall–Kier alpha value is -0.570. The number of hydroxylamine groups is 2. The number of rotatable bonds is 0. The highest BCUT2D eigenvalue weighted by Crippen LogP contribution is 1.68. The number of hydrogen-bond acceptors (Lipinski definition) is 2. The average Bonchev–Trinajstić information content (AvgIpc) is 1.36. The van der Waals surface area contributed by atoms with E-state index in [1.54, 1.807) is 0 Å². The van der Waals surface area contributed by atoms with Crippen LogP contribution in [0.2, 0.25) is 0 Å². The molecule has 0 aromatic rings. The van der Waals surface area contributed by atoms with Gasteiger partial charge in [0.05, 0.1) is 0 Å². The van der Waals surface area contributed by atoms with Gasteiger partial charge in [-0.25, -0.2) is 5.06 Å². The molecule has 1 N–H and O–H groups in total. The second kappa shape index (κ2) is 1.77. The van der Waals surface area contributed by atoms with Gasteiger partial charge in [0.2, 0.25) is 5.91 Å². The lowest BCUT2D eigenvalue weighted by Crippen LogP contribution is -2.18. The molecule has 0 unspecified atom stereocenters. The first kappa shape index (κ1) is 5.43. The van der Waals surface area contributed by atoms with E-state index < -0.39 is 5.91 Å². The highest BCUT2D eigenvalue weighted by Gasteiger charge is 1.90. The van der Waals surface area contributed by atoms with E-state index in [4.69, 9.17) is 5.21 Å². The second-order valence-electron chi connectivity index (χ2n) is 0.917. The summed E-state index contributed by atoms with van der Waals surface area (Å²) in [5.41, 5.74) is 0. The van der Waals surface area contributed by atoms with Crippen molar-refractivity contribution in [3.05, 3.63) is 6.92 Å². The number of carbonyl (C=O) groups is 1. The molecule has 6 heavy (non-hydrogen) atoms. The van der Waals surface area contributed by atoms with Gasteiger partial charge in [-0.15, -0.1) is 0 Å². The van der Waals surface area contributed by atoms with Gasteiger partial charge in [-0.05, 0) is 0 Å². The summed E-state index contributed by atoms with van der Waals surface area (Å²) in [5.74, 6) is -0.602. The Kier molecular flexibility index (Phi) is 1.60. The van der Waals surface area contributed by atoms with Gasteiger partial charge in [0.25, 0.3) is 0 Å². The van der Waals surface area contributed by atoms with Crippen molar-refractivity contribution in [2.24, 2.45) is 0 Å². The molecular weight excluding hydrogens is 82.0 g/mol. The fraction of sp³-hybridized carbons (Fsp3) is 0.333. The number of carbonyl (C=O) groups excluding carboxylic acids is 1. The summed E-state index contributed by atoms with van der Waals surface area (Å²) in [4.78, 5) is 9.71. The SMILES string of the molecule is [CH2]C(=O)N(C)O. The Morgan fingerprint density at radius 1 is 2.00 bits per heavy atom. The quantitative estimate of drug-likeness (QED) is 0.325. The van der Waals surface area contributed by atoms with Crippen molar-refractivity contribution in [1.29, 1.82) is 0 Å². The van der Waals surface area contributed by atoms with E-state index in [0.717, 1.165) is 0 Å². The zero-order valence-electron chi connectivity index (χ0n) is 3.51. The van der Waals surface area contributed by atoms with Crippen molar-refractivity contribution >= 4 is 5.91 Å². The molecule has 0 aliphatic heterocycles. The molecule has 0 rings (SSSR count). The molecule has 0 spiro atoms. The Morgan fingerprint density at radius 3 is 2.17 bits per heavy atom. The Morgan fingerprint density at radius 2 is 2.17 bits per heavy atom. The topological polar surface area (TPSA) is 40.5 Å². The van der Waals surface area contributed by atoms with Crippen molar-refractivity contribution in [3.63, 3.8) is 0 Å². The fourth-order valence-electron chi connectivity index (χ4n) is 0. The molecule has 0 aliphatic carbocycles. The van der Waals surface area contributed by atoms with Crippen molar-refractivity contribution in [2.75, 3.05) is 7.05 Å². The summed E-state index contributed by atoms with van der Waals surface area (Å²) in [6.45, 7) is 2.88. The summed E-state index contributed by atoms with van der Waals surface area (Å²) < 4.78 is 0. The van der Waals surface area contributed by atoms with Gasteiger partial charge in [-0.3, -0.25) is 10.0 Å². The maximum atomic E-state index is 9.71. The highest BCUT2D eigenvalue weighted by atomic mass is 16.5. The first-order valence-electron chi connectivity index (χ1n) is 1.43. The first-order chi connectivity index (χ1) is 2.64. The lowest BCUT2D eigenvalue weighted by atomic mass is 10.7. The van der Waals surface area contributed by atoms with Gasteiger partial charge in [-0.1, -0.05) is 0 Å². The molecule has 0 fully saturated rings. The van der Waals surface area contributed by atoms with Crippen molar-refractivity contribution in [3.8, 4) is 0 Å². The van der Waals surface area contributed by atoms with Crippen LogP contribution in [0.5, 0.6) is 0 Å². The average molecular weight is 88.1 g/mol. The standard InChI is InChI=1S/C3H6NO2/c1-3(5)4(2)6/h6H,1H2,2H3. The molecule has 0 saturated heterocycles. The third-order valence-electron chi connectivity index (χ3n) is 0.361. The van der Waals surface area contributed by atoms with E-state index in [0.29, 0.717) is 5.06 Å². The lowest BCUT2D eigenvalue weighted by Gasteiger charge is -1.99. The minimum atomic E-state index is -0.602. The molecule has 35 valence electrons. The van der Waals surface area contributed by atoms with E-state index in [9.17, 15) is 4.79 Å². The highest BCUT2D eigenvalue weighted by molar-refractivity contribution is 5.78. The summed E-state index contributed by atoms with van der Waals surface area (Å²) in [6, 6.07) is 0. The van der Waals surface area contributed by atoms with E-state index in [2.05, 4.69) is 6.92 Å². The molecule has 0 aliphatic rings. The molecule has 3 nitrogen and oxygen atoms in total. The van der Waals surface area contributed by atoms with Crippen molar-refractivity contribution in [2.45, 2.75) is 0 Å². The van der Waals surface area contributed by atoms with Crippen LogP contribution in [0.4, 0.5) is 0 Å². The molecule has 0 aromatic heterocycles. The smallest absolute Gasteiger partial charge is 0.246 e. The molecule has 1 amide bonds. The van der Waals surface area contributed by atoms with Gasteiger partial charge in [-0.2, -0.15) is 0 Å². The number of hydrogen-bond donors (Lipinski definition) is 1. The largest absolute Gasteiger partial charge is 0.286 e. The van der Waals surface area contributed by atoms with E-state index in [-0.39, 0.29) is 0 Å². The summed E-state index contributed by atoms with van der Waals surface area (Å²) in [5, 5.41) is 8.47. The van der Waals surface area contributed by atoms with Crippen LogP contribution in [0, 0.1) is 6.92 Å². The van der Waals surface area contributed by atoms with Crippen LogP contribution in [0.1, 0.15) is 0 Å². The predicted molar refractivity (Wildman–Crippen MR) is 19.9 cm³/mol. The van der Waals surface area contributed by atoms with Gasteiger partial charge in [0, 0.05) is 14.0 Å². The van der Waals surface area contributed by atoms with E-state index in [1.165, 1.54) is 7.05 Å². The van der Waals surface area contributed by atoms with Crippen LogP contribution in [-0.4, -0.2) is 23.2 Å². The minimum Gasteiger partial charge on any atom is -0.286 e. The van der Waals surface area contributed by atoms with Crippen LogP contribution in [-0.2, 0) is 4.79 Å². The third kappa shape index (κ3) is 1.72. The molecule has 0 atom stereocenters. The van der Waals surface area contributed by atoms with Crippen molar-refractivity contribution < 1.29 is 10.0 Å². The summed E-state index contributed by atoms with van der Waals surface area (Å²) in [6.07, 6.45) is 0. The Balaban J connectivity index is 3.26. The molecule has 0 bridgehead atoms. The monoisotopic (exact) mass is 88.0 g/mol. The van der Waals surface area contributed by atoms with Gasteiger partial charge >= 0.3 is 0 Å².